The van der Waals surface area contributed by atoms with Crippen LogP contribution in [0.5, 0.6) is 0 Å². The highest BCUT2D eigenvalue weighted by Gasteiger charge is 2.31. The summed E-state index contributed by atoms with van der Waals surface area (Å²) in [5, 5.41) is 6.96. The molecule has 0 aliphatic carbocycles. The fraction of sp³-hybridized carbons (Fsp3) is 0.375. The molecule has 1 aliphatic heterocycles. The first-order chi connectivity index (χ1) is 11.4. The molecule has 1 atom stereocenters. The van der Waals surface area contributed by atoms with Gasteiger partial charge in [0.25, 0.3) is 5.91 Å². The van der Waals surface area contributed by atoms with Gasteiger partial charge in [0.2, 0.25) is 0 Å². The summed E-state index contributed by atoms with van der Waals surface area (Å²) >= 11 is 0. The van der Waals surface area contributed by atoms with Crippen molar-refractivity contribution >= 4 is 15.7 Å². The van der Waals surface area contributed by atoms with E-state index in [-0.39, 0.29) is 35.8 Å². The van der Waals surface area contributed by atoms with Crippen molar-refractivity contribution in [3.63, 3.8) is 0 Å². The summed E-state index contributed by atoms with van der Waals surface area (Å²) in [6.07, 6.45) is 1.97. The van der Waals surface area contributed by atoms with Crippen LogP contribution >= 0.6 is 0 Å². The molecule has 1 amide bonds. The number of hydrogen-bond donors (Lipinski definition) is 1. The average Bonchev–Trinajstić information content (AvgIpc) is 3.09. The van der Waals surface area contributed by atoms with Crippen LogP contribution in [0, 0.1) is 12.7 Å². The number of nitrogens with one attached hydrogen (secondary N) is 1. The minimum atomic E-state index is -3.01. The molecule has 24 heavy (non-hydrogen) atoms. The maximum absolute atomic E-state index is 12.9. The Balaban J connectivity index is 1.69. The lowest BCUT2D eigenvalue weighted by Gasteiger charge is -2.11. The molecule has 0 bridgehead atoms. The van der Waals surface area contributed by atoms with E-state index in [4.69, 9.17) is 0 Å². The van der Waals surface area contributed by atoms with Crippen molar-refractivity contribution in [2.45, 2.75) is 25.9 Å². The number of nitrogens with zero attached hydrogens (tertiary/aromatic N) is 2. The highest BCUT2D eigenvalue weighted by molar-refractivity contribution is 7.91. The molecule has 8 heteroatoms. The Morgan fingerprint density at radius 2 is 2.08 bits per heavy atom. The second kappa shape index (κ2) is 6.35. The summed E-state index contributed by atoms with van der Waals surface area (Å²) in [6, 6.07) is 5.68. The molecule has 1 fully saturated rings. The Morgan fingerprint density at radius 1 is 1.38 bits per heavy atom. The molecule has 1 aliphatic rings. The van der Waals surface area contributed by atoms with Gasteiger partial charge in [0.15, 0.2) is 9.84 Å². The zero-order valence-electron chi connectivity index (χ0n) is 13.2. The molecule has 6 nitrogen and oxygen atoms in total. The molecule has 0 saturated carbocycles. The lowest BCUT2D eigenvalue weighted by Crippen LogP contribution is -2.23. The van der Waals surface area contributed by atoms with Gasteiger partial charge in [-0.05, 0) is 31.0 Å². The Kier molecular flexibility index (Phi) is 4.40. The normalized spacial score (nSPS) is 19.3. The zero-order valence-corrected chi connectivity index (χ0v) is 14.0. The monoisotopic (exact) mass is 351 g/mol. The van der Waals surface area contributed by atoms with Crippen LogP contribution in [0.2, 0.25) is 0 Å². The molecule has 3 rings (SSSR count). The number of hydrogen-bond acceptors (Lipinski definition) is 4. The van der Waals surface area contributed by atoms with Crippen molar-refractivity contribution in [1.82, 2.24) is 15.1 Å². The molecule has 0 spiro atoms. The topological polar surface area (TPSA) is 81.1 Å². The van der Waals surface area contributed by atoms with E-state index in [9.17, 15) is 17.6 Å². The van der Waals surface area contributed by atoms with Crippen LogP contribution in [-0.4, -0.2) is 35.6 Å². The van der Waals surface area contributed by atoms with E-state index in [0.717, 1.165) is 5.56 Å². The van der Waals surface area contributed by atoms with E-state index < -0.39 is 9.84 Å². The highest BCUT2D eigenvalue weighted by atomic mass is 32.2. The molecular formula is C16H18FN3O3S. The zero-order chi connectivity index (χ0) is 17.3. The molecule has 0 radical (unpaired) electrons. The molecule has 1 N–H and O–H groups in total. The minimum Gasteiger partial charge on any atom is -0.348 e. The second-order valence-corrected chi connectivity index (χ2v) is 8.18. The van der Waals surface area contributed by atoms with Gasteiger partial charge in [0.1, 0.15) is 5.82 Å². The number of halogens is 1. The minimum absolute atomic E-state index is 0.0617. The van der Waals surface area contributed by atoms with Crippen molar-refractivity contribution in [2.75, 3.05) is 11.5 Å². The summed E-state index contributed by atoms with van der Waals surface area (Å²) in [5.74, 6) is -0.396. The van der Waals surface area contributed by atoms with E-state index >= 15 is 0 Å². The van der Waals surface area contributed by atoms with E-state index in [1.807, 2.05) is 0 Å². The number of sulfone groups is 1. The second-order valence-electron chi connectivity index (χ2n) is 5.95. The van der Waals surface area contributed by atoms with Gasteiger partial charge in [-0.1, -0.05) is 12.1 Å². The molecule has 1 saturated heterocycles. The van der Waals surface area contributed by atoms with Gasteiger partial charge in [0.05, 0.1) is 29.3 Å². The fourth-order valence-electron chi connectivity index (χ4n) is 2.86. The highest BCUT2D eigenvalue weighted by Crippen LogP contribution is 2.25. The first kappa shape index (κ1) is 16.6. The van der Waals surface area contributed by atoms with Gasteiger partial charge in [-0.25, -0.2) is 12.8 Å². The van der Waals surface area contributed by atoms with Crippen LogP contribution in [0.1, 0.15) is 34.1 Å². The standard InChI is InChI=1S/C16H18FN3O3S/c1-11-15(9-19-20(11)14-6-7-24(22,23)10-14)16(21)18-8-12-2-4-13(17)5-3-12/h2-5,9,14H,6-8,10H2,1H3,(H,18,21). The van der Waals surface area contributed by atoms with Crippen molar-refractivity contribution in [3.8, 4) is 0 Å². The predicted molar refractivity (Wildman–Crippen MR) is 86.8 cm³/mol. The maximum Gasteiger partial charge on any atom is 0.255 e. The van der Waals surface area contributed by atoms with E-state index in [0.29, 0.717) is 17.7 Å². The summed E-state index contributed by atoms with van der Waals surface area (Å²) in [5.41, 5.74) is 1.85. The Hall–Kier alpha value is -2.22. The van der Waals surface area contributed by atoms with Crippen molar-refractivity contribution in [3.05, 3.63) is 53.1 Å². The van der Waals surface area contributed by atoms with Crippen molar-refractivity contribution in [2.24, 2.45) is 0 Å². The number of carbonyl (C=O) groups excluding carboxylic acids is 1. The number of benzene rings is 1. The number of aromatic nitrogens is 2. The molecule has 128 valence electrons. The molecule has 2 aromatic rings. The van der Waals surface area contributed by atoms with Crippen LogP contribution in [-0.2, 0) is 16.4 Å². The van der Waals surface area contributed by atoms with Gasteiger partial charge in [-0.15, -0.1) is 0 Å². The Bertz CT molecular complexity index is 859. The van der Waals surface area contributed by atoms with Crippen LogP contribution in [0.15, 0.2) is 30.5 Å². The summed E-state index contributed by atoms with van der Waals surface area (Å²) < 4.78 is 37.7. The van der Waals surface area contributed by atoms with Crippen molar-refractivity contribution < 1.29 is 17.6 Å². The third-order valence-electron chi connectivity index (χ3n) is 4.21. The molecule has 1 aromatic heterocycles. The Morgan fingerprint density at radius 3 is 2.71 bits per heavy atom. The van der Waals surface area contributed by atoms with Gasteiger partial charge in [0, 0.05) is 12.2 Å². The number of amides is 1. The lowest BCUT2D eigenvalue weighted by atomic mass is 10.2. The van der Waals surface area contributed by atoms with Crippen LogP contribution in [0.3, 0.4) is 0 Å². The summed E-state index contributed by atoms with van der Waals surface area (Å²) in [6.45, 7) is 2.03. The van der Waals surface area contributed by atoms with Gasteiger partial charge >= 0.3 is 0 Å². The summed E-state index contributed by atoms with van der Waals surface area (Å²) in [4.78, 5) is 12.3. The smallest absolute Gasteiger partial charge is 0.255 e. The number of rotatable bonds is 4. The van der Waals surface area contributed by atoms with Crippen molar-refractivity contribution in [1.29, 1.82) is 0 Å². The van der Waals surface area contributed by atoms with E-state index in [1.54, 1.807) is 23.7 Å². The van der Waals surface area contributed by atoms with Crippen LogP contribution in [0.4, 0.5) is 4.39 Å². The number of carbonyl (C=O) groups is 1. The largest absolute Gasteiger partial charge is 0.348 e. The average molecular weight is 351 g/mol. The first-order valence-corrected chi connectivity index (χ1v) is 9.45. The molecule has 2 heterocycles. The predicted octanol–water partition coefficient (Wildman–Crippen LogP) is 1.62. The van der Waals surface area contributed by atoms with E-state index in [1.165, 1.54) is 18.3 Å². The molecule has 1 unspecified atom stereocenters. The van der Waals surface area contributed by atoms with Crippen LogP contribution in [0.25, 0.3) is 0 Å². The van der Waals surface area contributed by atoms with E-state index in [2.05, 4.69) is 10.4 Å². The third-order valence-corrected chi connectivity index (χ3v) is 5.96. The molecule has 1 aromatic carbocycles. The Labute approximate surface area is 139 Å². The first-order valence-electron chi connectivity index (χ1n) is 7.63. The summed E-state index contributed by atoms with van der Waals surface area (Å²) in [7, 11) is -3.01. The van der Waals surface area contributed by atoms with Gasteiger partial charge < -0.3 is 5.32 Å². The lowest BCUT2D eigenvalue weighted by molar-refractivity contribution is 0.0950. The molecular weight excluding hydrogens is 333 g/mol. The SMILES string of the molecule is Cc1c(C(=O)NCc2ccc(F)cc2)cnn1C1CCS(=O)(=O)C1. The quantitative estimate of drug-likeness (QED) is 0.908. The fourth-order valence-corrected chi connectivity index (χ4v) is 4.55. The third kappa shape index (κ3) is 3.48. The van der Waals surface area contributed by atoms with Crippen LogP contribution < -0.4 is 5.32 Å². The maximum atomic E-state index is 12.9. The van der Waals surface area contributed by atoms with Gasteiger partial charge in [-0.3, -0.25) is 9.48 Å². The van der Waals surface area contributed by atoms with Gasteiger partial charge in [-0.2, -0.15) is 5.10 Å².